The van der Waals surface area contributed by atoms with E-state index in [-0.39, 0.29) is 12.8 Å². The Morgan fingerprint density at radius 1 is 1.28 bits per heavy atom. The Labute approximate surface area is 107 Å². The van der Waals surface area contributed by atoms with Gasteiger partial charge >= 0.3 is 6.18 Å². The molecule has 1 saturated carbocycles. The SMILES string of the molecule is CCCNC1CCC(O)(CCCC(F)(F)F)CC1. The van der Waals surface area contributed by atoms with Crippen molar-refractivity contribution in [3.05, 3.63) is 0 Å². The maximum Gasteiger partial charge on any atom is 0.389 e. The van der Waals surface area contributed by atoms with Crippen LogP contribution >= 0.6 is 0 Å². The molecule has 0 atom stereocenters. The van der Waals surface area contributed by atoms with Gasteiger partial charge in [0.25, 0.3) is 0 Å². The molecule has 18 heavy (non-hydrogen) atoms. The molecule has 2 nitrogen and oxygen atoms in total. The van der Waals surface area contributed by atoms with Crippen LogP contribution in [0.1, 0.15) is 58.3 Å². The predicted molar refractivity (Wildman–Crippen MR) is 65.4 cm³/mol. The Kier molecular flexibility index (Phi) is 5.92. The van der Waals surface area contributed by atoms with E-state index >= 15 is 0 Å². The molecule has 0 heterocycles. The zero-order chi connectivity index (χ0) is 13.6. The Hall–Kier alpha value is -0.290. The topological polar surface area (TPSA) is 32.3 Å². The second kappa shape index (κ2) is 6.75. The monoisotopic (exact) mass is 267 g/mol. The molecule has 0 bridgehead atoms. The van der Waals surface area contributed by atoms with Crippen LogP contribution in [0.2, 0.25) is 0 Å². The minimum atomic E-state index is -4.10. The van der Waals surface area contributed by atoms with Gasteiger partial charge in [-0.05, 0) is 51.5 Å². The molecule has 1 aliphatic rings. The van der Waals surface area contributed by atoms with Gasteiger partial charge in [0.05, 0.1) is 5.60 Å². The van der Waals surface area contributed by atoms with Crippen LogP contribution in [0.5, 0.6) is 0 Å². The molecule has 0 radical (unpaired) electrons. The molecule has 0 spiro atoms. The lowest BCUT2D eigenvalue weighted by Gasteiger charge is -2.36. The zero-order valence-corrected chi connectivity index (χ0v) is 11.0. The Bertz CT molecular complexity index is 235. The van der Waals surface area contributed by atoms with E-state index in [1.807, 2.05) is 0 Å². The van der Waals surface area contributed by atoms with E-state index in [1.54, 1.807) is 0 Å². The fraction of sp³-hybridized carbons (Fsp3) is 1.00. The lowest BCUT2D eigenvalue weighted by atomic mass is 9.79. The first kappa shape index (κ1) is 15.8. The molecule has 0 saturated heterocycles. The summed E-state index contributed by atoms with van der Waals surface area (Å²) in [4.78, 5) is 0. The van der Waals surface area contributed by atoms with E-state index in [0.29, 0.717) is 18.9 Å². The highest BCUT2D eigenvalue weighted by Crippen LogP contribution is 2.34. The van der Waals surface area contributed by atoms with Gasteiger partial charge in [-0.3, -0.25) is 0 Å². The van der Waals surface area contributed by atoms with Gasteiger partial charge in [0.2, 0.25) is 0 Å². The van der Waals surface area contributed by atoms with E-state index in [2.05, 4.69) is 12.2 Å². The van der Waals surface area contributed by atoms with E-state index in [4.69, 9.17) is 0 Å². The Morgan fingerprint density at radius 2 is 1.89 bits per heavy atom. The van der Waals surface area contributed by atoms with Crippen LogP contribution in [0.3, 0.4) is 0 Å². The maximum absolute atomic E-state index is 12.0. The van der Waals surface area contributed by atoms with E-state index in [0.717, 1.165) is 25.8 Å². The summed E-state index contributed by atoms with van der Waals surface area (Å²) in [5.41, 5.74) is -0.865. The molecule has 0 aromatic carbocycles. The van der Waals surface area contributed by atoms with Crippen molar-refractivity contribution in [1.82, 2.24) is 5.32 Å². The fourth-order valence-electron chi connectivity index (χ4n) is 2.58. The molecular formula is C13H24F3NO. The third-order valence-corrected chi connectivity index (χ3v) is 3.70. The third kappa shape index (κ3) is 6.05. The second-order valence-corrected chi connectivity index (χ2v) is 5.42. The van der Waals surface area contributed by atoms with E-state index in [1.165, 1.54) is 0 Å². The van der Waals surface area contributed by atoms with Crippen molar-refractivity contribution >= 4 is 0 Å². The number of hydrogen-bond acceptors (Lipinski definition) is 2. The van der Waals surface area contributed by atoms with Gasteiger partial charge in [0.15, 0.2) is 0 Å². The molecule has 0 aromatic heterocycles. The summed E-state index contributed by atoms with van der Waals surface area (Å²) in [5.74, 6) is 0. The molecule has 108 valence electrons. The standard InChI is InChI=1S/C13H24F3NO/c1-2-10-17-11-4-8-12(18,9-5-11)6-3-7-13(14,15)16/h11,17-18H,2-10H2,1H3. The molecule has 2 N–H and O–H groups in total. The fourth-order valence-corrected chi connectivity index (χ4v) is 2.58. The largest absolute Gasteiger partial charge is 0.390 e. The number of rotatable bonds is 6. The first-order chi connectivity index (χ1) is 8.35. The van der Waals surface area contributed by atoms with Gasteiger partial charge in [0, 0.05) is 12.5 Å². The first-order valence-electron chi connectivity index (χ1n) is 6.87. The predicted octanol–water partition coefficient (Wildman–Crippen LogP) is 3.39. The molecule has 0 amide bonds. The van der Waals surface area contributed by atoms with Crippen LogP contribution in [0.25, 0.3) is 0 Å². The van der Waals surface area contributed by atoms with Crippen LogP contribution in [-0.2, 0) is 0 Å². The lowest BCUT2D eigenvalue weighted by molar-refractivity contribution is -0.138. The van der Waals surface area contributed by atoms with Crippen molar-refractivity contribution in [1.29, 1.82) is 0 Å². The van der Waals surface area contributed by atoms with Crippen molar-refractivity contribution in [2.45, 2.75) is 76.1 Å². The van der Waals surface area contributed by atoms with Gasteiger partial charge < -0.3 is 10.4 Å². The van der Waals surface area contributed by atoms with Gasteiger partial charge in [-0.1, -0.05) is 6.92 Å². The molecule has 5 heteroatoms. The van der Waals surface area contributed by atoms with E-state index in [9.17, 15) is 18.3 Å². The average Bonchev–Trinajstić information content (AvgIpc) is 2.26. The average molecular weight is 267 g/mol. The van der Waals surface area contributed by atoms with Crippen LogP contribution < -0.4 is 5.32 Å². The van der Waals surface area contributed by atoms with Crippen LogP contribution in [0.15, 0.2) is 0 Å². The second-order valence-electron chi connectivity index (χ2n) is 5.42. The smallest absolute Gasteiger partial charge is 0.389 e. The molecule has 0 unspecified atom stereocenters. The molecule has 1 aliphatic carbocycles. The van der Waals surface area contributed by atoms with E-state index < -0.39 is 18.2 Å². The zero-order valence-electron chi connectivity index (χ0n) is 11.0. The highest BCUT2D eigenvalue weighted by molar-refractivity contribution is 4.88. The summed E-state index contributed by atoms with van der Waals surface area (Å²) in [6, 6.07) is 0.424. The van der Waals surface area contributed by atoms with Crippen molar-refractivity contribution in [2.75, 3.05) is 6.54 Å². The summed E-state index contributed by atoms with van der Waals surface area (Å²) in [6.07, 6.45) is -0.543. The third-order valence-electron chi connectivity index (χ3n) is 3.70. The Balaban J connectivity index is 2.22. The Morgan fingerprint density at radius 3 is 2.39 bits per heavy atom. The number of nitrogens with one attached hydrogen (secondary N) is 1. The molecule has 0 aromatic rings. The van der Waals surface area contributed by atoms with Crippen molar-refractivity contribution in [2.24, 2.45) is 0 Å². The quantitative estimate of drug-likeness (QED) is 0.773. The van der Waals surface area contributed by atoms with Gasteiger partial charge in [-0.25, -0.2) is 0 Å². The molecule has 1 rings (SSSR count). The number of aliphatic hydroxyl groups is 1. The summed E-state index contributed by atoms with van der Waals surface area (Å²) >= 11 is 0. The van der Waals surface area contributed by atoms with Crippen molar-refractivity contribution in [3.63, 3.8) is 0 Å². The highest BCUT2D eigenvalue weighted by Gasteiger charge is 2.34. The minimum Gasteiger partial charge on any atom is -0.390 e. The van der Waals surface area contributed by atoms with Crippen LogP contribution in [0, 0.1) is 0 Å². The summed E-state index contributed by atoms with van der Waals surface area (Å²) < 4.78 is 36.1. The highest BCUT2D eigenvalue weighted by atomic mass is 19.4. The maximum atomic E-state index is 12.0. The van der Waals surface area contributed by atoms with Crippen LogP contribution in [0.4, 0.5) is 13.2 Å². The summed E-state index contributed by atoms with van der Waals surface area (Å²) in [6.45, 7) is 3.07. The number of alkyl halides is 3. The summed E-state index contributed by atoms with van der Waals surface area (Å²) in [5, 5.41) is 13.6. The first-order valence-corrected chi connectivity index (χ1v) is 6.87. The number of halogens is 3. The lowest BCUT2D eigenvalue weighted by Crippen LogP contribution is -2.41. The van der Waals surface area contributed by atoms with Crippen molar-refractivity contribution in [3.8, 4) is 0 Å². The minimum absolute atomic E-state index is 0.0348. The van der Waals surface area contributed by atoms with Gasteiger partial charge in [-0.2, -0.15) is 13.2 Å². The molecular weight excluding hydrogens is 243 g/mol. The number of hydrogen-bond donors (Lipinski definition) is 2. The van der Waals surface area contributed by atoms with Gasteiger partial charge in [0.1, 0.15) is 0 Å². The molecule has 1 fully saturated rings. The van der Waals surface area contributed by atoms with Crippen molar-refractivity contribution < 1.29 is 18.3 Å². The summed E-state index contributed by atoms with van der Waals surface area (Å²) in [7, 11) is 0. The molecule has 0 aliphatic heterocycles. The van der Waals surface area contributed by atoms with Gasteiger partial charge in [-0.15, -0.1) is 0 Å². The van der Waals surface area contributed by atoms with Crippen LogP contribution in [-0.4, -0.2) is 29.5 Å². The normalized spacial score (nSPS) is 29.5.